The second-order valence-electron chi connectivity index (χ2n) is 5.74. The van der Waals surface area contributed by atoms with Crippen molar-refractivity contribution >= 4 is 17.0 Å². The smallest absolute Gasteiger partial charge is 0.0642 e. The minimum atomic E-state index is -0.107. The maximum Gasteiger partial charge on any atom is 0.0642 e. The van der Waals surface area contributed by atoms with E-state index in [0.717, 1.165) is 6.42 Å². The first-order valence-electron chi connectivity index (χ1n) is 6.96. The lowest BCUT2D eigenvalue weighted by molar-refractivity contribution is 0.0128. The molecule has 2 rings (SSSR count). The molecular formula is C17H23NOS. The molecule has 20 heavy (non-hydrogen) atoms. The van der Waals surface area contributed by atoms with Crippen LogP contribution in [0.4, 0.5) is 5.69 Å². The van der Waals surface area contributed by atoms with Crippen LogP contribution in [0.15, 0.2) is 41.8 Å². The van der Waals surface area contributed by atoms with E-state index in [9.17, 15) is 0 Å². The van der Waals surface area contributed by atoms with Crippen molar-refractivity contribution in [1.82, 2.24) is 0 Å². The highest BCUT2D eigenvalue weighted by atomic mass is 32.1. The lowest BCUT2D eigenvalue weighted by atomic mass is 9.99. The maximum atomic E-state index is 5.51. The van der Waals surface area contributed by atoms with E-state index in [1.54, 1.807) is 18.4 Å². The molecule has 3 heteroatoms. The first-order valence-corrected chi connectivity index (χ1v) is 7.84. The summed E-state index contributed by atoms with van der Waals surface area (Å²) in [4.78, 5) is 1.30. The largest absolute Gasteiger partial charge is 0.382 e. The van der Waals surface area contributed by atoms with Crippen molar-refractivity contribution in [3.8, 4) is 10.4 Å². The van der Waals surface area contributed by atoms with Crippen molar-refractivity contribution in [2.24, 2.45) is 0 Å². The fourth-order valence-corrected chi connectivity index (χ4v) is 3.16. The van der Waals surface area contributed by atoms with E-state index in [1.165, 1.54) is 16.1 Å². The minimum absolute atomic E-state index is 0.107. The molecule has 0 radical (unpaired) electrons. The summed E-state index contributed by atoms with van der Waals surface area (Å²) in [6.45, 7) is 6.44. The Kier molecular flexibility index (Phi) is 4.84. The normalized spacial score (nSPS) is 13.2. The van der Waals surface area contributed by atoms with E-state index in [-0.39, 0.29) is 5.60 Å². The second-order valence-corrected chi connectivity index (χ2v) is 6.68. The Balaban J connectivity index is 2.14. The van der Waals surface area contributed by atoms with Gasteiger partial charge in [-0.05, 0) is 44.7 Å². The lowest BCUT2D eigenvalue weighted by Crippen LogP contribution is -2.31. The standard InChI is InChI=1S/C17H23NOS/c1-13(12-17(2,3)19-4)18-15-9-6-5-8-14(15)16-10-7-11-20-16/h5-11,13,18H,12H2,1-4H3. The van der Waals surface area contributed by atoms with Crippen molar-refractivity contribution in [3.63, 3.8) is 0 Å². The zero-order valence-corrected chi connectivity index (χ0v) is 13.5. The van der Waals surface area contributed by atoms with Gasteiger partial charge in [0.05, 0.1) is 5.60 Å². The molecule has 1 N–H and O–H groups in total. The lowest BCUT2D eigenvalue weighted by Gasteiger charge is -2.28. The highest BCUT2D eigenvalue weighted by molar-refractivity contribution is 7.13. The van der Waals surface area contributed by atoms with E-state index in [2.05, 4.69) is 67.9 Å². The molecule has 0 saturated heterocycles. The fourth-order valence-electron chi connectivity index (χ4n) is 2.39. The SMILES string of the molecule is COC(C)(C)CC(C)Nc1ccccc1-c1cccs1. The molecular weight excluding hydrogens is 266 g/mol. The predicted octanol–water partition coefficient (Wildman–Crippen LogP) is 5.03. The molecule has 0 fully saturated rings. The summed E-state index contributed by atoms with van der Waals surface area (Å²) in [7, 11) is 1.77. The van der Waals surface area contributed by atoms with Crippen LogP contribution in [0.5, 0.6) is 0 Å². The molecule has 1 unspecified atom stereocenters. The number of methoxy groups -OCH3 is 1. The number of rotatable bonds is 6. The molecule has 1 atom stereocenters. The molecule has 0 aliphatic heterocycles. The van der Waals surface area contributed by atoms with Gasteiger partial charge in [0.1, 0.15) is 0 Å². The van der Waals surface area contributed by atoms with Gasteiger partial charge in [-0.3, -0.25) is 0 Å². The third-order valence-corrected chi connectivity index (χ3v) is 4.37. The highest BCUT2D eigenvalue weighted by Crippen LogP contribution is 2.32. The van der Waals surface area contributed by atoms with Crippen LogP contribution in [-0.4, -0.2) is 18.8 Å². The molecule has 0 aliphatic rings. The number of ether oxygens (including phenoxy) is 1. The Labute approximate surface area is 125 Å². The molecule has 0 saturated carbocycles. The number of benzene rings is 1. The maximum absolute atomic E-state index is 5.51. The summed E-state index contributed by atoms with van der Waals surface area (Å²) in [6.07, 6.45) is 0.961. The van der Waals surface area contributed by atoms with Gasteiger partial charge in [0.2, 0.25) is 0 Å². The zero-order valence-electron chi connectivity index (χ0n) is 12.6. The monoisotopic (exact) mass is 289 g/mol. The molecule has 0 spiro atoms. The number of thiophene rings is 1. The number of nitrogens with one attached hydrogen (secondary N) is 1. The third-order valence-electron chi connectivity index (χ3n) is 3.47. The third kappa shape index (κ3) is 3.84. The molecule has 0 amide bonds. The predicted molar refractivity (Wildman–Crippen MR) is 88.5 cm³/mol. The van der Waals surface area contributed by atoms with Gasteiger partial charge in [-0.15, -0.1) is 11.3 Å². The van der Waals surface area contributed by atoms with E-state index in [1.807, 2.05) is 0 Å². The summed E-state index contributed by atoms with van der Waals surface area (Å²) in [5.74, 6) is 0. The minimum Gasteiger partial charge on any atom is -0.382 e. The van der Waals surface area contributed by atoms with Crippen molar-refractivity contribution in [3.05, 3.63) is 41.8 Å². The molecule has 0 aliphatic carbocycles. The van der Waals surface area contributed by atoms with Crippen molar-refractivity contribution in [2.45, 2.75) is 38.8 Å². The summed E-state index contributed by atoms with van der Waals surface area (Å²) >= 11 is 1.77. The summed E-state index contributed by atoms with van der Waals surface area (Å²) in [5.41, 5.74) is 2.35. The van der Waals surface area contributed by atoms with E-state index >= 15 is 0 Å². The van der Waals surface area contributed by atoms with Crippen molar-refractivity contribution in [1.29, 1.82) is 0 Å². The van der Waals surface area contributed by atoms with Crippen LogP contribution in [0.25, 0.3) is 10.4 Å². The van der Waals surface area contributed by atoms with Crippen LogP contribution in [0.1, 0.15) is 27.2 Å². The average molecular weight is 289 g/mol. The van der Waals surface area contributed by atoms with Gasteiger partial charge in [0.15, 0.2) is 0 Å². The van der Waals surface area contributed by atoms with Gasteiger partial charge in [-0.1, -0.05) is 24.3 Å². The number of hydrogen-bond acceptors (Lipinski definition) is 3. The van der Waals surface area contributed by atoms with E-state index in [4.69, 9.17) is 4.74 Å². The number of anilines is 1. The van der Waals surface area contributed by atoms with Gasteiger partial charge in [0.25, 0.3) is 0 Å². The van der Waals surface area contributed by atoms with Crippen LogP contribution in [0.2, 0.25) is 0 Å². The zero-order chi connectivity index (χ0) is 14.6. The highest BCUT2D eigenvalue weighted by Gasteiger charge is 2.20. The first kappa shape index (κ1) is 15.1. The van der Waals surface area contributed by atoms with E-state index in [0.29, 0.717) is 6.04 Å². The first-order chi connectivity index (χ1) is 9.52. The molecule has 1 aromatic carbocycles. The Morgan fingerprint density at radius 3 is 2.60 bits per heavy atom. The van der Waals surface area contributed by atoms with Gasteiger partial charge in [0, 0.05) is 29.3 Å². The van der Waals surface area contributed by atoms with Crippen molar-refractivity contribution in [2.75, 3.05) is 12.4 Å². The van der Waals surface area contributed by atoms with Crippen LogP contribution in [0, 0.1) is 0 Å². The van der Waals surface area contributed by atoms with Gasteiger partial charge < -0.3 is 10.1 Å². The number of hydrogen-bond donors (Lipinski definition) is 1. The Hall–Kier alpha value is -1.32. The van der Waals surface area contributed by atoms with Gasteiger partial charge in [-0.2, -0.15) is 0 Å². The molecule has 108 valence electrons. The van der Waals surface area contributed by atoms with Gasteiger partial charge in [-0.25, -0.2) is 0 Å². The Morgan fingerprint density at radius 2 is 1.95 bits per heavy atom. The second kappa shape index (κ2) is 6.42. The Morgan fingerprint density at radius 1 is 1.20 bits per heavy atom. The van der Waals surface area contributed by atoms with Crippen molar-refractivity contribution < 1.29 is 4.74 Å². The van der Waals surface area contributed by atoms with E-state index < -0.39 is 0 Å². The molecule has 0 bridgehead atoms. The number of para-hydroxylation sites is 1. The Bertz CT molecular complexity index is 534. The summed E-state index contributed by atoms with van der Waals surface area (Å²) in [5, 5.41) is 5.73. The summed E-state index contributed by atoms with van der Waals surface area (Å²) in [6, 6.07) is 13.1. The average Bonchev–Trinajstić information content (AvgIpc) is 2.92. The van der Waals surface area contributed by atoms with Crippen LogP contribution >= 0.6 is 11.3 Å². The van der Waals surface area contributed by atoms with Crippen LogP contribution in [-0.2, 0) is 4.74 Å². The molecule has 1 heterocycles. The van der Waals surface area contributed by atoms with Crippen LogP contribution < -0.4 is 5.32 Å². The topological polar surface area (TPSA) is 21.3 Å². The molecule has 1 aromatic heterocycles. The molecule has 2 nitrogen and oxygen atoms in total. The summed E-state index contributed by atoms with van der Waals surface area (Å²) < 4.78 is 5.51. The van der Waals surface area contributed by atoms with Crippen LogP contribution in [0.3, 0.4) is 0 Å². The fraction of sp³-hybridized carbons (Fsp3) is 0.412. The van der Waals surface area contributed by atoms with Gasteiger partial charge >= 0.3 is 0 Å². The quantitative estimate of drug-likeness (QED) is 0.805. The molecule has 2 aromatic rings.